The Morgan fingerprint density at radius 3 is 3.00 bits per heavy atom. The van der Waals surface area contributed by atoms with Crippen molar-refractivity contribution in [3.63, 3.8) is 0 Å². The summed E-state index contributed by atoms with van der Waals surface area (Å²) < 4.78 is 13.4. The summed E-state index contributed by atoms with van der Waals surface area (Å²) >= 11 is 0. The number of pyridine rings is 1. The Morgan fingerprint density at radius 2 is 2.20 bits per heavy atom. The molecule has 0 saturated carbocycles. The maximum absolute atomic E-state index is 13.4. The molecule has 0 radical (unpaired) electrons. The highest BCUT2D eigenvalue weighted by Crippen LogP contribution is 2.35. The summed E-state index contributed by atoms with van der Waals surface area (Å²) in [6.45, 7) is 0.878. The summed E-state index contributed by atoms with van der Waals surface area (Å²) in [7, 11) is 0. The Kier molecular flexibility index (Phi) is 3.34. The van der Waals surface area contributed by atoms with E-state index >= 15 is 0 Å². The number of nitriles is 1. The van der Waals surface area contributed by atoms with Crippen LogP contribution in [0.4, 0.5) is 10.2 Å². The Balaban J connectivity index is 1.94. The summed E-state index contributed by atoms with van der Waals surface area (Å²) in [4.78, 5) is 6.50. The van der Waals surface area contributed by atoms with Gasteiger partial charge in [-0.1, -0.05) is 12.1 Å². The number of nitrogens with zero attached hydrogens (tertiary/aromatic N) is 3. The Labute approximate surface area is 117 Å². The van der Waals surface area contributed by atoms with Gasteiger partial charge in [0.1, 0.15) is 11.6 Å². The van der Waals surface area contributed by atoms with Crippen LogP contribution in [-0.2, 0) is 0 Å². The van der Waals surface area contributed by atoms with Crippen LogP contribution in [0.3, 0.4) is 0 Å². The van der Waals surface area contributed by atoms with Gasteiger partial charge in [0.2, 0.25) is 0 Å². The number of benzene rings is 1. The molecule has 100 valence electrons. The molecule has 3 nitrogen and oxygen atoms in total. The van der Waals surface area contributed by atoms with Gasteiger partial charge in [0.15, 0.2) is 0 Å². The molecule has 20 heavy (non-hydrogen) atoms. The van der Waals surface area contributed by atoms with Crippen LogP contribution in [-0.4, -0.2) is 11.5 Å². The highest BCUT2D eigenvalue weighted by atomic mass is 19.1. The van der Waals surface area contributed by atoms with Crippen molar-refractivity contribution in [3.05, 3.63) is 59.5 Å². The monoisotopic (exact) mass is 267 g/mol. The zero-order valence-corrected chi connectivity index (χ0v) is 11.0. The number of halogens is 1. The molecule has 1 aliphatic heterocycles. The quantitative estimate of drug-likeness (QED) is 0.836. The van der Waals surface area contributed by atoms with Gasteiger partial charge in [-0.25, -0.2) is 9.37 Å². The minimum Gasteiger partial charge on any atom is -0.350 e. The molecule has 0 aliphatic carbocycles. The molecule has 2 heterocycles. The minimum absolute atomic E-state index is 0.132. The summed E-state index contributed by atoms with van der Waals surface area (Å²) in [6, 6.07) is 12.5. The summed E-state index contributed by atoms with van der Waals surface area (Å²) in [5.74, 6) is 0.573. The minimum atomic E-state index is -0.215. The molecule has 0 amide bonds. The molecule has 0 N–H and O–H groups in total. The fourth-order valence-corrected chi connectivity index (χ4v) is 2.75. The lowest BCUT2D eigenvalue weighted by Crippen LogP contribution is -2.23. The predicted octanol–water partition coefficient (Wildman–Crippen LogP) is 3.43. The molecule has 2 aromatic rings. The maximum atomic E-state index is 13.4. The van der Waals surface area contributed by atoms with Crippen molar-refractivity contribution in [3.8, 4) is 6.07 Å². The Bertz CT molecular complexity index is 663. The predicted molar refractivity (Wildman–Crippen MR) is 74.7 cm³/mol. The Hall–Kier alpha value is -2.41. The van der Waals surface area contributed by atoms with E-state index in [2.05, 4.69) is 16.0 Å². The van der Waals surface area contributed by atoms with E-state index in [9.17, 15) is 4.39 Å². The van der Waals surface area contributed by atoms with E-state index in [0.29, 0.717) is 5.56 Å². The fourth-order valence-electron chi connectivity index (χ4n) is 2.75. The molecule has 0 bridgehead atoms. The first-order valence-electron chi connectivity index (χ1n) is 6.66. The summed E-state index contributed by atoms with van der Waals surface area (Å²) in [6.07, 6.45) is 3.66. The number of rotatable bonds is 2. The second kappa shape index (κ2) is 5.30. The second-order valence-electron chi connectivity index (χ2n) is 4.92. The molecule has 1 atom stereocenters. The van der Waals surface area contributed by atoms with Gasteiger partial charge < -0.3 is 4.90 Å². The van der Waals surface area contributed by atoms with Gasteiger partial charge in [-0.05, 0) is 42.7 Å². The van der Waals surface area contributed by atoms with E-state index in [1.54, 1.807) is 30.5 Å². The third-order valence-electron chi connectivity index (χ3n) is 3.66. The molecule has 0 spiro atoms. The van der Waals surface area contributed by atoms with Crippen LogP contribution in [0.25, 0.3) is 0 Å². The maximum Gasteiger partial charge on any atom is 0.130 e. The summed E-state index contributed by atoms with van der Waals surface area (Å²) in [5.41, 5.74) is 1.56. The zero-order chi connectivity index (χ0) is 13.9. The normalized spacial score (nSPS) is 18.0. The van der Waals surface area contributed by atoms with Crippen molar-refractivity contribution >= 4 is 5.82 Å². The van der Waals surface area contributed by atoms with Crippen molar-refractivity contribution in [2.45, 2.75) is 18.9 Å². The Morgan fingerprint density at radius 1 is 1.30 bits per heavy atom. The lowest BCUT2D eigenvalue weighted by molar-refractivity contribution is 0.618. The zero-order valence-electron chi connectivity index (χ0n) is 11.0. The van der Waals surface area contributed by atoms with Gasteiger partial charge in [0.05, 0.1) is 17.7 Å². The first-order valence-corrected chi connectivity index (χ1v) is 6.66. The standard InChI is InChI=1S/C16H14FN3/c17-14-4-1-3-13(10-14)15-5-2-8-20(15)16-9-12(11-18)6-7-19-16/h1,3-4,6-7,9-10,15H,2,5,8H2/t15-/m1/s1. The highest BCUT2D eigenvalue weighted by Gasteiger charge is 2.27. The SMILES string of the molecule is N#Cc1ccnc(N2CCC[C@@H]2c2cccc(F)c2)c1. The topological polar surface area (TPSA) is 39.9 Å². The number of hydrogen-bond acceptors (Lipinski definition) is 3. The van der Waals surface area contributed by atoms with E-state index in [1.165, 1.54) is 6.07 Å². The van der Waals surface area contributed by atoms with Gasteiger partial charge in [-0.15, -0.1) is 0 Å². The van der Waals surface area contributed by atoms with Gasteiger partial charge in [0, 0.05) is 12.7 Å². The van der Waals surface area contributed by atoms with Crippen molar-refractivity contribution in [2.24, 2.45) is 0 Å². The van der Waals surface area contributed by atoms with Gasteiger partial charge in [-0.3, -0.25) is 0 Å². The van der Waals surface area contributed by atoms with Crippen molar-refractivity contribution in [1.29, 1.82) is 5.26 Å². The lowest BCUT2D eigenvalue weighted by atomic mass is 10.0. The second-order valence-corrected chi connectivity index (χ2v) is 4.92. The smallest absolute Gasteiger partial charge is 0.130 e. The number of aromatic nitrogens is 1. The molecule has 1 fully saturated rings. The fraction of sp³-hybridized carbons (Fsp3) is 0.250. The van der Waals surface area contributed by atoms with E-state index in [-0.39, 0.29) is 11.9 Å². The van der Waals surface area contributed by atoms with Crippen LogP contribution in [0.5, 0.6) is 0 Å². The van der Waals surface area contributed by atoms with E-state index < -0.39 is 0 Å². The first kappa shape index (κ1) is 12.6. The van der Waals surface area contributed by atoms with E-state index in [1.807, 2.05) is 6.07 Å². The number of hydrogen-bond donors (Lipinski definition) is 0. The lowest BCUT2D eigenvalue weighted by Gasteiger charge is -2.26. The average Bonchev–Trinajstić information content (AvgIpc) is 2.97. The molecule has 1 aromatic carbocycles. The van der Waals surface area contributed by atoms with Gasteiger partial charge in [-0.2, -0.15) is 5.26 Å². The van der Waals surface area contributed by atoms with Gasteiger partial charge >= 0.3 is 0 Å². The molecule has 0 unspecified atom stereocenters. The highest BCUT2D eigenvalue weighted by molar-refractivity contribution is 5.48. The molecule has 1 aliphatic rings. The third kappa shape index (κ3) is 2.35. The molecular formula is C16H14FN3. The van der Waals surface area contributed by atoms with E-state index in [0.717, 1.165) is 30.8 Å². The molecular weight excluding hydrogens is 253 g/mol. The third-order valence-corrected chi connectivity index (χ3v) is 3.66. The van der Waals surface area contributed by atoms with E-state index in [4.69, 9.17) is 5.26 Å². The van der Waals surface area contributed by atoms with Crippen molar-refractivity contribution in [1.82, 2.24) is 4.98 Å². The van der Waals surface area contributed by atoms with Crippen LogP contribution in [0.1, 0.15) is 30.0 Å². The molecule has 1 saturated heterocycles. The van der Waals surface area contributed by atoms with Crippen LogP contribution in [0.2, 0.25) is 0 Å². The molecule has 4 heteroatoms. The van der Waals surface area contributed by atoms with Crippen LogP contribution < -0.4 is 4.90 Å². The molecule has 1 aromatic heterocycles. The summed E-state index contributed by atoms with van der Waals surface area (Å²) in [5, 5.41) is 8.98. The average molecular weight is 267 g/mol. The first-order chi connectivity index (χ1) is 9.78. The van der Waals surface area contributed by atoms with Crippen LogP contribution in [0, 0.1) is 17.1 Å². The van der Waals surface area contributed by atoms with Crippen molar-refractivity contribution < 1.29 is 4.39 Å². The van der Waals surface area contributed by atoms with Crippen LogP contribution >= 0.6 is 0 Å². The largest absolute Gasteiger partial charge is 0.350 e. The van der Waals surface area contributed by atoms with Crippen molar-refractivity contribution in [2.75, 3.05) is 11.4 Å². The molecule has 3 rings (SSSR count). The number of anilines is 1. The van der Waals surface area contributed by atoms with Crippen LogP contribution in [0.15, 0.2) is 42.6 Å². The van der Waals surface area contributed by atoms with Gasteiger partial charge in [0.25, 0.3) is 0 Å².